The van der Waals surface area contributed by atoms with E-state index in [4.69, 9.17) is 5.11 Å². The predicted octanol–water partition coefficient (Wildman–Crippen LogP) is 5.09. The summed E-state index contributed by atoms with van der Waals surface area (Å²) in [5.41, 5.74) is 2.25. The first-order chi connectivity index (χ1) is 12.6. The van der Waals surface area contributed by atoms with E-state index in [1.54, 1.807) is 18.5 Å². The van der Waals surface area contributed by atoms with E-state index in [-0.39, 0.29) is 11.7 Å². The smallest absolute Gasteiger partial charge is 0.306 e. The van der Waals surface area contributed by atoms with Crippen molar-refractivity contribution in [2.24, 2.45) is 5.92 Å². The second-order valence-corrected chi connectivity index (χ2v) is 6.42. The molecule has 1 saturated carbocycles. The summed E-state index contributed by atoms with van der Waals surface area (Å²) in [6, 6.07) is 12.1. The van der Waals surface area contributed by atoms with Crippen LogP contribution in [-0.4, -0.2) is 21.0 Å². The lowest BCUT2D eigenvalue weighted by atomic mass is 9.90. The highest BCUT2D eigenvalue weighted by Crippen LogP contribution is 2.25. The van der Waals surface area contributed by atoms with Gasteiger partial charge < -0.3 is 5.11 Å². The quantitative estimate of drug-likeness (QED) is 0.698. The molecule has 2 heterocycles. The molecule has 134 valence electrons. The number of aromatic nitrogens is 2. The lowest BCUT2D eigenvalue weighted by Crippen LogP contribution is -2.16. The van der Waals surface area contributed by atoms with Crippen molar-refractivity contribution in [3.63, 3.8) is 0 Å². The molecule has 4 nitrogen and oxygen atoms in total. The first-order valence-corrected chi connectivity index (χ1v) is 8.83. The molecule has 1 fully saturated rings. The van der Waals surface area contributed by atoms with E-state index in [1.165, 1.54) is 18.6 Å². The van der Waals surface area contributed by atoms with Crippen LogP contribution in [0.1, 0.15) is 32.1 Å². The Bertz CT molecular complexity index is 887. The van der Waals surface area contributed by atoms with Crippen molar-refractivity contribution in [3.05, 3.63) is 60.7 Å². The van der Waals surface area contributed by atoms with Crippen molar-refractivity contribution in [2.45, 2.75) is 32.1 Å². The van der Waals surface area contributed by atoms with Gasteiger partial charge in [0.25, 0.3) is 0 Å². The standard InChI is InChI=1S/C14H9FN2.C7H12O2/c15-12-5-1-3-11(9-12)14-13-10(6-8-17-14)4-2-7-16-13;8-7(9)6-4-2-1-3-5-6/h1-9H;6H,1-5H2,(H,8,9). The molecule has 26 heavy (non-hydrogen) atoms. The van der Waals surface area contributed by atoms with Crippen LogP contribution in [0.15, 0.2) is 54.9 Å². The van der Waals surface area contributed by atoms with Gasteiger partial charge in [0.1, 0.15) is 5.82 Å². The third-order valence-corrected chi connectivity index (χ3v) is 4.57. The summed E-state index contributed by atoms with van der Waals surface area (Å²) < 4.78 is 13.2. The van der Waals surface area contributed by atoms with Gasteiger partial charge in [0, 0.05) is 23.3 Å². The highest BCUT2D eigenvalue weighted by molar-refractivity contribution is 5.90. The largest absolute Gasteiger partial charge is 0.481 e. The summed E-state index contributed by atoms with van der Waals surface area (Å²) in [6.07, 6.45) is 8.67. The van der Waals surface area contributed by atoms with Crippen LogP contribution in [0.5, 0.6) is 0 Å². The molecule has 1 aromatic carbocycles. The van der Waals surface area contributed by atoms with Gasteiger partial charge in [-0.05, 0) is 37.1 Å². The predicted molar refractivity (Wildman–Crippen MR) is 99.1 cm³/mol. The van der Waals surface area contributed by atoms with E-state index in [9.17, 15) is 9.18 Å². The number of aliphatic carboxylic acids is 1. The van der Waals surface area contributed by atoms with Gasteiger partial charge in [0.15, 0.2) is 0 Å². The molecule has 0 amide bonds. The molecule has 4 rings (SSSR count). The Labute approximate surface area is 151 Å². The number of halogens is 1. The fourth-order valence-electron chi connectivity index (χ4n) is 3.20. The number of fused-ring (bicyclic) bond motifs is 1. The van der Waals surface area contributed by atoms with E-state index >= 15 is 0 Å². The highest BCUT2D eigenvalue weighted by Gasteiger charge is 2.19. The maximum atomic E-state index is 13.2. The van der Waals surface area contributed by atoms with Crippen LogP contribution >= 0.6 is 0 Å². The maximum absolute atomic E-state index is 13.2. The molecule has 0 saturated heterocycles. The van der Waals surface area contributed by atoms with E-state index in [0.717, 1.165) is 42.1 Å². The fraction of sp³-hybridized carbons (Fsp3) is 0.286. The second kappa shape index (κ2) is 8.52. The number of pyridine rings is 2. The normalized spacial score (nSPS) is 14.5. The van der Waals surface area contributed by atoms with Crippen molar-refractivity contribution in [1.29, 1.82) is 0 Å². The van der Waals surface area contributed by atoms with Crippen molar-refractivity contribution in [3.8, 4) is 11.3 Å². The maximum Gasteiger partial charge on any atom is 0.306 e. The zero-order valence-electron chi connectivity index (χ0n) is 14.4. The Morgan fingerprint density at radius 1 is 1.00 bits per heavy atom. The SMILES string of the molecule is Fc1cccc(-c2nccc3cccnc23)c1.O=C(O)C1CCCCC1. The van der Waals surface area contributed by atoms with E-state index < -0.39 is 5.97 Å². The Balaban J connectivity index is 0.000000185. The summed E-state index contributed by atoms with van der Waals surface area (Å²) in [7, 11) is 0. The Kier molecular flexibility index (Phi) is 5.89. The Hall–Kier alpha value is -2.82. The Morgan fingerprint density at radius 2 is 1.81 bits per heavy atom. The summed E-state index contributed by atoms with van der Waals surface area (Å²) in [6.45, 7) is 0. The molecule has 0 atom stereocenters. The van der Waals surface area contributed by atoms with Crippen LogP contribution in [0.2, 0.25) is 0 Å². The lowest BCUT2D eigenvalue weighted by Gasteiger charge is -2.16. The van der Waals surface area contributed by atoms with Crippen LogP contribution in [0.3, 0.4) is 0 Å². The van der Waals surface area contributed by atoms with Gasteiger partial charge in [0.05, 0.1) is 17.1 Å². The molecule has 0 spiro atoms. The third kappa shape index (κ3) is 4.42. The Morgan fingerprint density at radius 3 is 2.50 bits per heavy atom. The van der Waals surface area contributed by atoms with Crippen molar-refractivity contribution in [2.75, 3.05) is 0 Å². The molecular formula is C21H21FN2O2. The van der Waals surface area contributed by atoms with E-state index in [0.29, 0.717) is 5.69 Å². The van der Waals surface area contributed by atoms with Crippen LogP contribution in [0, 0.1) is 11.7 Å². The number of hydrogen-bond donors (Lipinski definition) is 1. The first-order valence-electron chi connectivity index (χ1n) is 8.83. The van der Waals surface area contributed by atoms with Gasteiger partial charge >= 0.3 is 5.97 Å². The number of rotatable bonds is 2. The number of carboxylic acids is 1. The molecule has 3 aromatic rings. The van der Waals surface area contributed by atoms with Crippen LogP contribution in [0.25, 0.3) is 22.2 Å². The monoisotopic (exact) mass is 352 g/mol. The minimum atomic E-state index is -0.602. The van der Waals surface area contributed by atoms with Crippen LogP contribution < -0.4 is 0 Å². The summed E-state index contributed by atoms with van der Waals surface area (Å²) in [4.78, 5) is 18.9. The number of nitrogens with zero attached hydrogens (tertiary/aromatic N) is 2. The van der Waals surface area contributed by atoms with Gasteiger partial charge in [-0.2, -0.15) is 0 Å². The summed E-state index contributed by atoms with van der Waals surface area (Å²) >= 11 is 0. The van der Waals surface area contributed by atoms with Gasteiger partial charge in [-0.1, -0.05) is 37.5 Å². The van der Waals surface area contributed by atoms with Crippen molar-refractivity contribution < 1.29 is 14.3 Å². The lowest BCUT2D eigenvalue weighted by molar-refractivity contribution is -0.142. The fourth-order valence-corrected chi connectivity index (χ4v) is 3.20. The summed E-state index contributed by atoms with van der Waals surface area (Å²) in [5.74, 6) is -0.898. The topological polar surface area (TPSA) is 63.1 Å². The van der Waals surface area contributed by atoms with Gasteiger partial charge in [-0.25, -0.2) is 4.39 Å². The number of carboxylic acid groups (broad SMARTS) is 1. The molecule has 0 bridgehead atoms. The van der Waals surface area contributed by atoms with Gasteiger partial charge in [0.2, 0.25) is 0 Å². The molecule has 1 aliphatic carbocycles. The van der Waals surface area contributed by atoms with E-state index in [1.807, 2.05) is 24.3 Å². The third-order valence-electron chi connectivity index (χ3n) is 4.57. The molecule has 0 unspecified atom stereocenters. The summed E-state index contributed by atoms with van der Waals surface area (Å²) in [5, 5.41) is 9.54. The van der Waals surface area contributed by atoms with Crippen LogP contribution in [-0.2, 0) is 4.79 Å². The van der Waals surface area contributed by atoms with E-state index in [2.05, 4.69) is 9.97 Å². The minimum Gasteiger partial charge on any atom is -0.481 e. The average molecular weight is 352 g/mol. The average Bonchev–Trinajstić information content (AvgIpc) is 2.69. The molecule has 5 heteroatoms. The number of benzene rings is 1. The number of hydrogen-bond acceptors (Lipinski definition) is 3. The highest BCUT2D eigenvalue weighted by atomic mass is 19.1. The molecule has 1 N–H and O–H groups in total. The first kappa shape index (κ1) is 18.0. The molecule has 0 aliphatic heterocycles. The van der Waals surface area contributed by atoms with Crippen molar-refractivity contribution in [1.82, 2.24) is 9.97 Å². The van der Waals surface area contributed by atoms with Crippen molar-refractivity contribution >= 4 is 16.9 Å². The van der Waals surface area contributed by atoms with Gasteiger partial charge in [-0.15, -0.1) is 0 Å². The number of carbonyl (C=O) groups is 1. The molecular weight excluding hydrogens is 331 g/mol. The molecule has 1 aliphatic rings. The molecule has 2 aromatic heterocycles. The zero-order valence-corrected chi connectivity index (χ0v) is 14.4. The van der Waals surface area contributed by atoms with Gasteiger partial charge in [-0.3, -0.25) is 14.8 Å². The van der Waals surface area contributed by atoms with Crippen LogP contribution in [0.4, 0.5) is 4.39 Å². The molecule has 0 radical (unpaired) electrons. The zero-order chi connectivity index (χ0) is 18.4. The second-order valence-electron chi connectivity index (χ2n) is 6.42. The minimum absolute atomic E-state index is 0.0289.